The first kappa shape index (κ1) is 14.0. The first-order valence-electron chi connectivity index (χ1n) is 5.87. The Hall–Kier alpha value is -2.10. The highest BCUT2D eigenvalue weighted by Crippen LogP contribution is 2.12. The largest absolute Gasteiger partial charge is 0.347 e. The van der Waals surface area contributed by atoms with Crippen molar-refractivity contribution in [2.75, 3.05) is 13.1 Å². The van der Waals surface area contributed by atoms with Crippen LogP contribution in [0.1, 0.15) is 18.4 Å². The van der Waals surface area contributed by atoms with Gasteiger partial charge in [0.1, 0.15) is 0 Å². The normalized spacial score (nSPS) is 11.4. The summed E-state index contributed by atoms with van der Waals surface area (Å²) >= 11 is 0. The Bertz CT molecular complexity index is 415. The molecule has 1 rings (SSSR count). The van der Waals surface area contributed by atoms with Crippen LogP contribution in [0.4, 0.5) is 0 Å². The Kier molecular flexibility index (Phi) is 5.64. The fraction of sp³-hybridized carbons (Fsp3) is 0.286. The zero-order valence-electron chi connectivity index (χ0n) is 10.5. The number of hydrogen-bond donors (Lipinski definition) is 2. The first-order chi connectivity index (χ1) is 8.65. The third-order valence-electron chi connectivity index (χ3n) is 2.55. The maximum absolute atomic E-state index is 11.4. The van der Waals surface area contributed by atoms with E-state index in [9.17, 15) is 9.59 Å². The smallest absolute Gasteiger partial charge is 0.309 e. The van der Waals surface area contributed by atoms with Gasteiger partial charge in [-0.05, 0) is 11.5 Å². The van der Waals surface area contributed by atoms with Crippen LogP contribution in [-0.2, 0) is 9.59 Å². The van der Waals surface area contributed by atoms with Crippen molar-refractivity contribution in [3.05, 3.63) is 48.6 Å². The molecule has 0 aromatic heterocycles. The Morgan fingerprint density at radius 1 is 1.22 bits per heavy atom. The summed E-state index contributed by atoms with van der Waals surface area (Å²) in [6.07, 6.45) is 1.53. The lowest BCUT2D eigenvalue weighted by atomic mass is 10.0. The lowest BCUT2D eigenvalue weighted by molar-refractivity contribution is -0.139. The number of hydrogen-bond acceptors (Lipinski definition) is 2. The van der Waals surface area contributed by atoms with Crippen LogP contribution >= 0.6 is 0 Å². The fourth-order valence-corrected chi connectivity index (χ4v) is 1.47. The molecule has 4 nitrogen and oxygen atoms in total. The van der Waals surface area contributed by atoms with Crippen LogP contribution in [0.25, 0.3) is 0 Å². The third-order valence-corrected chi connectivity index (χ3v) is 2.55. The molecule has 0 aliphatic carbocycles. The molecule has 0 aliphatic rings. The van der Waals surface area contributed by atoms with Gasteiger partial charge in [0.2, 0.25) is 0 Å². The van der Waals surface area contributed by atoms with E-state index in [-0.39, 0.29) is 5.92 Å². The topological polar surface area (TPSA) is 58.2 Å². The van der Waals surface area contributed by atoms with E-state index >= 15 is 0 Å². The van der Waals surface area contributed by atoms with E-state index in [1.54, 1.807) is 0 Å². The number of nitrogens with one attached hydrogen (secondary N) is 2. The van der Waals surface area contributed by atoms with Crippen molar-refractivity contribution in [2.24, 2.45) is 0 Å². The summed E-state index contributed by atoms with van der Waals surface area (Å²) in [4.78, 5) is 22.7. The van der Waals surface area contributed by atoms with Gasteiger partial charge in [-0.1, -0.05) is 43.3 Å². The molecule has 96 valence electrons. The van der Waals surface area contributed by atoms with E-state index < -0.39 is 11.8 Å². The van der Waals surface area contributed by atoms with Crippen molar-refractivity contribution in [1.82, 2.24) is 10.6 Å². The molecular weight excluding hydrogens is 228 g/mol. The van der Waals surface area contributed by atoms with Crippen LogP contribution in [0.2, 0.25) is 0 Å². The molecule has 0 bridgehead atoms. The van der Waals surface area contributed by atoms with Crippen LogP contribution < -0.4 is 10.6 Å². The molecule has 0 spiro atoms. The van der Waals surface area contributed by atoms with Crippen LogP contribution in [0.3, 0.4) is 0 Å². The Morgan fingerprint density at radius 2 is 1.83 bits per heavy atom. The summed E-state index contributed by atoms with van der Waals surface area (Å²) in [6.45, 7) is 6.18. The predicted molar refractivity (Wildman–Crippen MR) is 71.1 cm³/mol. The predicted octanol–water partition coefficient (Wildman–Crippen LogP) is 1.21. The molecule has 0 radical (unpaired) electrons. The van der Waals surface area contributed by atoms with Crippen LogP contribution in [0.15, 0.2) is 43.0 Å². The van der Waals surface area contributed by atoms with E-state index in [1.807, 2.05) is 37.3 Å². The molecule has 1 atom stereocenters. The molecule has 4 heteroatoms. The number of carbonyl (C=O) groups is 2. The van der Waals surface area contributed by atoms with Crippen molar-refractivity contribution in [3.8, 4) is 0 Å². The minimum Gasteiger partial charge on any atom is -0.347 e. The summed E-state index contributed by atoms with van der Waals surface area (Å²) in [7, 11) is 0. The van der Waals surface area contributed by atoms with Gasteiger partial charge in [0.05, 0.1) is 0 Å². The zero-order valence-corrected chi connectivity index (χ0v) is 10.5. The standard InChI is InChI=1S/C14H18N2O2/c1-3-9-15-13(17)14(18)16-10-11(2)12-7-5-4-6-8-12/h3-8,11H,1,9-10H2,2H3,(H,15,17)(H,16,18)/t11-/m1/s1. The van der Waals surface area contributed by atoms with Crippen molar-refractivity contribution in [3.63, 3.8) is 0 Å². The molecule has 0 aliphatic heterocycles. The van der Waals surface area contributed by atoms with Crippen molar-refractivity contribution in [2.45, 2.75) is 12.8 Å². The third kappa shape index (κ3) is 4.41. The van der Waals surface area contributed by atoms with Crippen LogP contribution in [0, 0.1) is 0 Å². The highest BCUT2D eigenvalue weighted by atomic mass is 16.2. The van der Waals surface area contributed by atoms with Gasteiger partial charge in [-0.15, -0.1) is 6.58 Å². The van der Waals surface area contributed by atoms with Crippen LogP contribution in [0.5, 0.6) is 0 Å². The SMILES string of the molecule is C=CCNC(=O)C(=O)NC[C@@H](C)c1ccccc1. The Balaban J connectivity index is 2.38. The van der Waals surface area contributed by atoms with Gasteiger partial charge in [-0.25, -0.2) is 0 Å². The Morgan fingerprint density at radius 3 is 2.44 bits per heavy atom. The second-order valence-electron chi connectivity index (χ2n) is 4.02. The molecule has 0 heterocycles. The highest BCUT2D eigenvalue weighted by Gasteiger charge is 2.13. The van der Waals surface area contributed by atoms with Gasteiger partial charge >= 0.3 is 11.8 Å². The summed E-state index contributed by atoms with van der Waals surface area (Å²) < 4.78 is 0. The minimum atomic E-state index is -0.629. The summed E-state index contributed by atoms with van der Waals surface area (Å²) in [5.74, 6) is -1.07. The quantitative estimate of drug-likeness (QED) is 0.606. The average Bonchev–Trinajstić information content (AvgIpc) is 2.42. The minimum absolute atomic E-state index is 0.169. The zero-order chi connectivity index (χ0) is 13.4. The molecular formula is C14H18N2O2. The van der Waals surface area contributed by atoms with Gasteiger partial charge in [0.15, 0.2) is 0 Å². The van der Waals surface area contributed by atoms with Gasteiger partial charge < -0.3 is 10.6 Å². The maximum Gasteiger partial charge on any atom is 0.309 e. The molecule has 18 heavy (non-hydrogen) atoms. The van der Waals surface area contributed by atoms with E-state index in [0.29, 0.717) is 13.1 Å². The van der Waals surface area contributed by atoms with E-state index in [0.717, 1.165) is 5.56 Å². The van der Waals surface area contributed by atoms with E-state index in [4.69, 9.17) is 0 Å². The fourth-order valence-electron chi connectivity index (χ4n) is 1.47. The number of benzene rings is 1. The number of rotatable bonds is 5. The molecule has 2 amide bonds. The highest BCUT2D eigenvalue weighted by molar-refractivity contribution is 6.35. The summed E-state index contributed by atoms with van der Waals surface area (Å²) in [5, 5.41) is 5.03. The van der Waals surface area contributed by atoms with Crippen LogP contribution in [-0.4, -0.2) is 24.9 Å². The molecule has 1 aromatic rings. The second-order valence-corrected chi connectivity index (χ2v) is 4.02. The number of carbonyl (C=O) groups excluding carboxylic acids is 2. The molecule has 0 saturated carbocycles. The summed E-state index contributed by atoms with van der Waals surface area (Å²) in [5.41, 5.74) is 1.13. The van der Waals surface area contributed by atoms with Gasteiger partial charge in [0.25, 0.3) is 0 Å². The van der Waals surface area contributed by atoms with Gasteiger partial charge in [0, 0.05) is 13.1 Å². The van der Waals surface area contributed by atoms with Crippen molar-refractivity contribution in [1.29, 1.82) is 0 Å². The first-order valence-corrected chi connectivity index (χ1v) is 5.87. The van der Waals surface area contributed by atoms with Gasteiger partial charge in [-0.3, -0.25) is 9.59 Å². The van der Waals surface area contributed by atoms with Crippen molar-refractivity contribution >= 4 is 11.8 Å². The van der Waals surface area contributed by atoms with E-state index in [2.05, 4.69) is 17.2 Å². The lowest BCUT2D eigenvalue weighted by Gasteiger charge is -2.12. The summed E-state index contributed by atoms with van der Waals surface area (Å²) in [6, 6.07) is 9.83. The molecule has 0 unspecified atom stereocenters. The van der Waals surface area contributed by atoms with Gasteiger partial charge in [-0.2, -0.15) is 0 Å². The maximum atomic E-state index is 11.4. The van der Waals surface area contributed by atoms with E-state index in [1.165, 1.54) is 6.08 Å². The number of amides is 2. The van der Waals surface area contributed by atoms with Crippen molar-refractivity contribution < 1.29 is 9.59 Å². The molecule has 0 saturated heterocycles. The average molecular weight is 246 g/mol. The lowest BCUT2D eigenvalue weighted by Crippen LogP contribution is -2.41. The molecule has 0 fully saturated rings. The Labute approximate surface area is 107 Å². The monoisotopic (exact) mass is 246 g/mol. The second kappa shape index (κ2) is 7.27. The molecule has 1 aromatic carbocycles. The molecule has 2 N–H and O–H groups in total.